The van der Waals surface area contributed by atoms with Crippen LogP contribution in [0.25, 0.3) is 0 Å². The maximum Gasteiger partial charge on any atom is 0.309 e. The molecule has 0 aliphatic carbocycles. The number of nitrogens with zero attached hydrogens (tertiary/aromatic N) is 5. The number of rotatable bonds is 7. The lowest BCUT2D eigenvalue weighted by atomic mass is 10.2. The van der Waals surface area contributed by atoms with Gasteiger partial charge in [-0.25, -0.2) is 18.1 Å². The number of aromatic amines is 1. The van der Waals surface area contributed by atoms with Gasteiger partial charge in [0.25, 0.3) is 20.0 Å². The highest BCUT2D eigenvalue weighted by atomic mass is 32.2. The van der Waals surface area contributed by atoms with Crippen molar-refractivity contribution < 1.29 is 16.8 Å². The van der Waals surface area contributed by atoms with E-state index < -0.39 is 25.6 Å². The molecule has 180 valence electrons. The van der Waals surface area contributed by atoms with Crippen LogP contribution < -0.4 is 10.3 Å². The number of benzene rings is 2. The molecule has 4 rings (SSSR count). The molecule has 0 amide bonds. The van der Waals surface area contributed by atoms with Gasteiger partial charge in [-0.1, -0.05) is 35.9 Å². The average molecular weight is 514 g/mol. The Balaban J connectivity index is 1.61. The Morgan fingerprint density at radius 1 is 0.886 bits per heavy atom. The summed E-state index contributed by atoms with van der Waals surface area (Å²) in [5.74, 6) is -0.311. The van der Waals surface area contributed by atoms with Crippen LogP contribution in [0.4, 0.5) is 17.5 Å². The number of H-pyrrole nitrogens is 1. The van der Waals surface area contributed by atoms with E-state index in [0.29, 0.717) is 4.09 Å². The second-order valence-corrected chi connectivity index (χ2v) is 10.8. The second-order valence-electron chi connectivity index (χ2n) is 7.33. The first-order chi connectivity index (χ1) is 16.6. The number of hydrogen-bond donors (Lipinski definition) is 2. The lowest BCUT2D eigenvalue weighted by molar-refractivity contribution is 0.577. The van der Waals surface area contributed by atoms with E-state index in [1.807, 2.05) is 6.92 Å². The summed E-state index contributed by atoms with van der Waals surface area (Å²) in [5, 5.41) is 10.2. The third-order valence-electron chi connectivity index (χ3n) is 4.74. The van der Waals surface area contributed by atoms with Crippen molar-refractivity contribution in [2.75, 3.05) is 4.72 Å². The Kier molecular flexibility index (Phi) is 6.32. The van der Waals surface area contributed by atoms with E-state index >= 15 is 0 Å². The van der Waals surface area contributed by atoms with Crippen LogP contribution in [-0.4, -0.2) is 36.0 Å². The molecule has 0 radical (unpaired) electrons. The Morgan fingerprint density at radius 2 is 1.57 bits per heavy atom. The van der Waals surface area contributed by atoms with Crippen LogP contribution in [0, 0.1) is 13.8 Å². The fourth-order valence-corrected chi connectivity index (χ4v) is 5.17. The average Bonchev–Trinajstić information content (AvgIpc) is 3.12. The quantitative estimate of drug-likeness (QED) is 0.358. The van der Waals surface area contributed by atoms with Gasteiger partial charge in [-0.15, -0.1) is 14.3 Å². The predicted octanol–water partition coefficient (Wildman–Crippen LogP) is 3.04. The zero-order valence-electron chi connectivity index (χ0n) is 18.4. The molecule has 0 unspecified atom stereocenters. The molecule has 12 nitrogen and oxygen atoms in total. The SMILES string of the molecule is Cc1ccc(S(=O)(=O)n2[nH]c(C)c(N=Nc3ccnc(NS(=O)(=O)c4ccccc4)n3)c2=O)cc1. The molecule has 4 aromatic rings. The Morgan fingerprint density at radius 3 is 2.26 bits per heavy atom. The number of aromatic nitrogens is 4. The van der Waals surface area contributed by atoms with Crippen LogP contribution in [0.2, 0.25) is 0 Å². The summed E-state index contributed by atoms with van der Waals surface area (Å²) >= 11 is 0. The number of sulfonamides is 1. The molecule has 14 heteroatoms. The van der Waals surface area contributed by atoms with Gasteiger partial charge in [0.05, 0.1) is 15.5 Å². The van der Waals surface area contributed by atoms with Gasteiger partial charge in [-0.05, 0) is 38.1 Å². The minimum atomic E-state index is -4.18. The molecule has 2 aromatic carbocycles. The normalized spacial score (nSPS) is 12.2. The summed E-state index contributed by atoms with van der Waals surface area (Å²) in [7, 11) is -8.10. The summed E-state index contributed by atoms with van der Waals surface area (Å²) in [6, 6.07) is 15.0. The van der Waals surface area contributed by atoms with Crippen LogP contribution >= 0.6 is 0 Å². The maximum absolute atomic E-state index is 12.9. The molecule has 2 heterocycles. The van der Waals surface area contributed by atoms with Gasteiger partial charge in [0.2, 0.25) is 5.95 Å². The zero-order chi connectivity index (χ0) is 25.2. The van der Waals surface area contributed by atoms with Gasteiger partial charge in [-0.2, -0.15) is 13.4 Å². The highest BCUT2D eigenvalue weighted by Crippen LogP contribution is 2.20. The highest BCUT2D eigenvalue weighted by Gasteiger charge is 2.23. The van der Waals surface area contributed by atoms with Crippen LogP contribution in [0.15, 0.2) is 91.7 Å². The fourth-order valence-electron chi connectivity index (χ4n) is 2.95. The van der Waals surface area contributed by atoms with Crippen molar-refractivity contribution in [3.63, 3.8) is 0 Å². The van der Waals surface area contributed by atoms with E-state index in [-0.39, 0.29) is 32.9 Å². The lowest BCUT2D eigenvalue weighted by Crippen LogP contribution is -2.25. The van der Waals surface area contributed by atoms with Crippen LogP contribution in [0.1, 0.15) is 11.3 Å². The molecule has 0 fully saturated rings. The van der Waals surface area contributed by atoms with Crippen molar-refractivity contribution in [2.24, 2.45) is 10.2 Å². The lowest BCUT2D eigenvalue weighted by Gasteiger charge is -2.06. The first-order valence-corrected chi connectivity index (χ1v) is 13.0. The van der Waals surface area contributed by atoms with Crippen molar-refractivity contribution in [1.82, 2.24) is 19.2 Å². The van der Waals surface area contributed by atoms with Crippen molar-refractivity contribution in [3.8, 4) is 0 Å². The minimum absolute atomic E-state index is 0.0221. The number of nitrogens with one attached hydrogen (secondary N) is 2. The van der Waals surface area contributed by atoms with Crippen LogP contribution in [-0.2, 0) is 20.0 Å². The van der Waals surface area contributed by atoms with E-state index in [1.165, 1.54) is 43.5 Å². The second kappa shape index (κ2) is 9.23. The molecule has 0 atom stereocenters. The van der Waals surface area contributed by atoms with E-state index in [4.69, 9.17) is 0 Å². The Hall–Kier alpha value is -4.17. The van der Waals surface area contributed by atoms with Gasteiger partial charge in [0.15, 0.2) is 11.5 Å². The summed E-state index contributed by atoms with van der Waals surface area (Å²) in [5.41, 5.74) is -0.145. The van der Waals surface area contributed by atoms with Gasteiger partial charge < -0.3 is 0 Å². The standard InChI is InChI=1S/C21H19N7O5S2/c1-14-8-10-17(11-9-14)35(32,33)28-20(29)19(15(2)26-28)25-24-18-12-13-22-21(23-18)27-34(30,31)16-6-4-3-5-7-16/h3-13,26H,1-2H3,(H,22,23,27). The number of anilines is 1. The van der Waals surface area contributed by atoms with E-state index in [1.54, 1.807) is 30.3 Å². The molecular formula is C21H19N7O5S2. The van der Waals surface area contributed by atoms with E-state index in [0.717, 1.165) is 5.56 Å². The largest absolute Gasteiger partial charge is 0.309 e. The summed E-state index contributed by atoms with van der Waals surface area (Å²) in [6.45, 7) is 3.28. The highest BCUT2D eigenvalue weighted by molar-refractivity contribution is 7.92. The summed E-state index contributed by atoms with van der Waals surface area (Å²) < 4.78 is 53.4. The van der Waals surface area contributed by atoms with Crippen molar-refractivity contribution in [1.29, 1.82) is 0 Å². The molecule has 0 saturated carbocycles. The molecule has 35 heavy (non-hydrogen) atoms. The van der Waals surface area contributed by atoms with E-state index in [2.05, 4.69) is 30.0 Å². The topological polar surface area (TPSA) is 169 Å². The third kappa shape index (κ3) is 5.02. The predicted molar refractivity (Wildman–Crippen MR) is 127 cm³/mol. The van der Waals surface area contributed by atoms with Gasteiger partial charge in [-0.3, -0.25) is 9.89 Å². The molecule has 0 saturated heterocycles. The van der Waals surface area contributed by atoms with Gasteiger partial charge >= 0.3 is 5.56 Å². The number of hydrogen-bond acceptors (Lipinski definition) is 9. The fraction of sp³-hybridized carbons (Fsp3) is 0.0952. The summed E-state index contributed by atoms with van der Waals surface area (Å²) in [4.78, 5) is 20.6. The van der Waals surface area contributed by atoms with Crippen molar-refractivity contribution >= 4 is 37.5 Å². The number of azo groups is 1. The molecule has 0 aliphatic heterocycles. The minimum Gasteiger partial charge on any atom is -0.283 e. The third-order valence-corrected chi connectivity index (χ3v) is 7.69. The maximum atomic E-state index is 12.9. The number of aryl methyl sites for hydroxylation is 2. The van der Waals surface area contributed by atoms with Gasteiger partial charge in [0.1, 0.15) is 0 Å². The molecule has 0 spiro atoms. The Labute approximate surface area is 200 Å². The summed E-state index contributed by atoms with van der Waals surface area (Å²) in [6.07, 6.45) is 1.26. The van der Waals surface area contributed by atoms with Gasteiger partial charge in [0, 0.05) is 12.3 Å². The van der Waals surface area contributed by atoms with Crippen molar-refractivity contribution in [3.05, 3.63) is 88.5 Å². The first-order valence-electron chi connectivity index (χ1n) is 10.0. The molecule has 2 aromatic heterocycles. The zero-order valence-corrected chi connectivity index (χ0v) is 20.1. The smallest absolute Gasteiger partial charge is 0.283 e. The van der Waals surface area contributed by atoms with Crippen LogP contribution in [0.5, 0.6) is 0 Å². The Bertz CT molecular complexity index is 1680. The monoisotopic (exact) mass is 513 g/mol. The van der Waals surface area contributed by atoms with Crippen molar-refractivity contribution in [2.45, 2.75) is 23.6 Å². The molecule has 0 aliphatic rings. The molecular weight excluding hydrogens is 494 g/mol. The first kappa shape index (κ1) is 24.0. The van der Waals surface area contributed by atoms with Crippen LogP contribution in [0.3, 0.4) is 0 Å². The van der Waals surface area contributed by atoms with E-state index in [9.17, 15) is 21.6 Å². The molecule has 2 N–H and O–H groups in total. The molecule has 0 bridgehead atoms.